The molecular formula is C28H38NO6P. The summed E-state index contributed by atoms with van der Waals surface area (Å²) in [6.45, 7) is 12.7. The summed E-state index contributed by atoms with van der Waals surface area (Å²) in [6, 6.07) is 14.7. The second-order valence-corrected chi connectivity index (χ2v) is 14.7. The molecule has 7 nitrogen and oxygen atoms in total. The van der Waals surface area contributed by atoms with Gasteiger partial charge < -0.3 is 19.7 Å². The number of aliphatic carboxylic acids is 1. The molecule has 8 heteroatoms. The lowest BCUT2D eigenvalue weighted by Gasteiger charge is -2.38. The molecule has 1 aliphatic rings. The van der Waals surface area contributed by atoms with Gasteiger partial charge >= 0.3 is 12.1 Å². The first-order chi connectivity index (χ1) is 16.6. The third-order valence-corrected chi connectivity index (χ3v) is 10.4. The molecule has 1 unspecified atom stereocenters. The van der Waals surface area contributed by atoms with Crippen LogP contribution in [0.5, 0.6) is 0 Å². The minimum absolute atomic E-state index is 0.00833. The highest BCUT2D eigenvalue weighted by atomic mass is 31.2. The molecule has 3 atom stereocenters. The second kappa shape index (κ2) is 10.4. The smallest absolute Gasteiger partial charge is 0.407 e. The minimum atomic E-state index is -3.28. The SMILES string of the molecule is C[C@@H](CP(=O)(OC(C)(C)C)C(C)(C)C)[C@H](NC(=O)OCC1c2ccccc2-c2ccccc21)C(=O)O. The van der Waals surface area contributed by atoms with Crippen LogP contribution in [0.15, 0.2) is 48.5 Å². The summed E-state index contributed by atoms with van der Waals surface area (Å²) in [4.78, 5) is 24.8. The summed E-state index contributed by atoms with van der Waals surface area (Å²) in [5, 5.41) is 11.7. The lowest BCUT2D eigenvalue weighted by molar-refractivity contribution is -0.140. The van der Waals surface area contributed by atoms with E-state index in [-0.39, 0.29) is 18.7 Å². The molecule has 2 N–H and O–H groups in total. The summed E-state index contributed by atoms with van der Waals surface area (Å²) >= 11 is 0. The van der Waals surface area contributed by atoms with Gasteiger partial charge in [0.25, 0.3) is 0 Å². The summed E-state index contributed by atoms with van der Waals surface area (Å²) in [5.41, 5.74) is 3.69. The predicted molar refractivity (Wildman–Crippen MR) is 142 cm³/mol. The Morgan fingerprint density at radius 1 is 0.972 bits per heavy atom. The molecule has 0 heterocycles. The number of fused-ring (bicyclic) bond motifs is 3. The van der Waals surface area contributed by atoms with E-state index in [0.29, 0.717) is 0 Å². The van der Waals surface area contributed by atoms with Crippen molar-refractivity contribution in [1.29, 1.82) is 0 Å². The number of alkyl carbamates (subject to hydrolysis) is 1. The molecule has 0 aliphatic heterocycles. The number of benzene rings is 2. The molecule has 196 valence electrons. The van der Waals surface area contributed by atoms with E-state index in [1.807, 2.05) is 90.1 Å². The summed E-state index contributed by atoms with van der Waals surface area (Å²) in [6.07, 6.45) is -0.813. The molecular weight excluding hydrogens is 477 g/mol. The summed E-state index contributed by atoms with van der Waals surface area (Å²) in [5.74, 6) is -2.01. The number of hydrogen-bond acceptors (Lipinski definition) is 5. The summed E-state index contributed by atoms with van der Waals surface area (Å²) in [7, 11) is -3.28. The number of carboxylic acid groups (broad SMARTS) is 1. The van der Waals surface area contributed by atoms with Gasteiger partial charge in [0.05, 0.1) is 5.60 Å². The van der Waals surface area contributed by atoms with E-state index < -0.39 is 42.1 Å². The molecule has 36 heavy (non-hydrogen) atoms. The number of nitrogens with one attached hydrogen (secondary N) is 1. The van der Waals surface area contributed by atoms with Gasteiger partial charge in [-0.05, 0) is 48.9 Å². The molecule has 0 saturated carbocycles. The van der Waals surface area contributed by atoms with Gasteiger partial charge in [-0.15, -0.1) is 0 Å². The zero-order valence-electron chi connectivity index (χ0n) is 22.2. The van der Waals surface area contributed by atoms with Crippen LogP contribution in [0.3, 0.4) is 0 Å². The Hall–Kier alpha value is -2.63. The Bertz CT molecular complexity index is 1120. The maximum Gasteiger partial charge on any atom is 0.407 e. The lowest BCUT2D eigenvalue weighted by Crippen LogP contribution is -2.47. The second-order valence-electron chi connectivity index (χ2n) is 11.5. The monoisotopic (exact) mass is 515 g/mol. The highest BCUT2D eigenvalue weighted by Gasteiger charge is 2.44. The van der Waals surface area contributed by atoms with Gasteiger partial charge in [0, 0.05) is 17.2 Å². The van der Waals surface area contributed by atoms with Gasteiger partial charge in [-0.3, -0.25) is 4.57 Å². The number of carboxylic acids is 1. The Morgan fingerprint density at radius 3 is 1.92 bits per heavy atom. The zero-order valence-corrected chi connectivity index (χ0v) is 23.1. The first-order valence-electron chi connectivity index (χ1n) is 12.3. The first kappa shape index (κ1) is 27.9. The van der Waals surface area contributed by atoms with Crippen LogP contribution < -0.4 is 5.32 Å². The van der Waals surface area contributed by atoms with E-state index in [0.717, 1.165) is 22.3 Å². The Labute approximate surface area is 214 Å². The number of carbonyl (C=O) groups is 2. The Balaban J connectivity index is 1.71. The number of hydrogen-bond donors (Lipinski definition) is 2. The van der Waals surface area contributed by atoms with E-state index in [4.69, 9.17) is 9.26 Å². The topological polar surface area (TPSA) is 102 Å². The van der Waals surface area contributed by atoms with Crippen LogP contribution in [0.25, 0.3) is 11.1 Å². The molecule has 2 aromatic carbocycles. The van der Waals surface area contributed by atoms with Crippen LogP contribution in [0.2, 0.25) is 0 Å². The van der Waals surface area contributed by atoms with Crippen molar-refractivity contribution in [3.05, 3.63) is 59.7 Å². The standard InChI is InChI=1S/C28H38NO6P/c1-18(17-36(33,28(5,6)7)35-27(2,3)4)24(25(30)31)29-26(32)34-16-23-21-14-10-8-12-19(21)20-13-9-11-15-22(20)23/h8-15,18,23-24H,16-17H2,1-7H3,(H,29,32)(H,30,31)/t18-,24-,36?/m0/s1. The molecule has 0 saturated heterocycles. The van der Waals surface area contributed by atoms with Crippen molar-refractivity contribution < 1.29 is 28.5 Å². The Kier molecular flexibility index (Phi) is 8.07. The molecule has 0 aromatic heterocycles. The van der Waals surface area contributed by atoms with Crippen molar-refractivity contribution in [3.63, 3.8) is 0 Å². The largest absolute Gasteiger partial charge is 0.480 e. The predicted octanol–water partition coefficient (Wildman–Crippen LogP) is 6.51. The van der Waals surface area contributed by atoms with Gasteiger partial charge in [-0.1, -0.05) is 76.2 Å². The molecule has 1 aliphatic carbocycles. The normalized spacial score (nSPS) is 16.9. The van der Waals surface area contributed by atoms with E-state index in [9.17, 15) is 19.3 Å². The van der Waals surface area contributed by atoms with Crippen LogP contribution >= 0.6 is 7.37 Å². The third kappa shape index (κ3) is 6.19. The number of carbonyl (C=O) groups excluding carboxylic acids is 1. The third-order valence-electron chi connectivity index (χ3n) is 6.42. The fraction of sp³-hybridized carbons (Fsp3) is 0.500. The lowest BCUT2D eigenvalue weighted by atomic mass is 9.98. The molecule has 0 bridgehead atoms. The van der Waals surface area contributed by atoms with Crippen LogP contribution in [0, 0.1) is 5.92 Å². The van der Waals surface area contributed by atoms with Gasteiger partial charge in [-0.25, -0.2) is 9.59 Å². The highest BCUT2D eigenvalue weighted by molar-refractivity contribution is 7.60. The molecule has 3 rings (SSSR count). The van der Waals surface area contributed by atoms with Crippen molar-refractivity contribution in [2.75, 3.05) is 12.8 Å². The molecule has 0 radical (unpaired) electrons. The maximum absolute atomic E-state index is 13.8. The van der Waals surface area contributed by atoms with Crippen LogP contribution in [-0.4, -0.2) is 46.7 Å². The van der Waals surface area contributed by atoms with E-state index in [2.05, 4.69) is 5.32 Å². The zero-order chi connectivity index (χ0) is 26.9. The average molecular weight is 516 g/mol. The minimum Gasteiger partial charge on any atom is -0.480 e. The summed E-state index contributed by atoms with van der Waals surface area (Å²) < 4.78 is 25.4. The van der Waals surface area contributed by atoms with Crippen molar-refractivity contribution in [3.8, 4) is 11.1 Å². The number of rotatable bonds is 8. The van der Waals surface area contributed by atoms with Gasteiger partial charge in [0.2, 0.25) is 7.37 Å². The molecule has 1 amide bonds. The van der Waals surface area contributed by atoms with Gasteiger partial charge in [-0.2, -0.15) is 0 Å². The average Bonchev–Trinajstić information content (AvgIpc) is 3.07. The van der Waals surface area contributed by atoms with Crippen molar-refractivity contribution in [2.45, 2.75) is 71.2 Å². The van der Waals surface area contributed by atoms with E-state index in [1.54, 1.807) is 6.92 Å². The van der Waals surface area contributed by atoms with Crippen molar-refractivity contribution in [2.24, 2.45) is 5.92 Å². The number of amides is 1. The van der Waals surface area contributed by atoms with E-state index >= 15 is 0 Å². The first-order valence-corrected chi connectivity index (χ1v) is 14.1. The van der Waals surface area contributed by atoms with Crippen molar-refractivity contribution >= 4 is 19.4 Å². The van der Waals surface area contributed by atoms with Gasteiger partial charge in [0.15, 0.2) is 0 Å². The maximum atomic E-state index is 13.8. The van der Waals surface area contributed by atoms with E-state index in [1.165, 1.54) is 0 Å². The van der Waals surface area contributed by atoms with Crippen LogP contribution in [-0.2, 0) is 18.6 Å². The molecule has 2 aromatic rings. The number of ether oxygens (including phenoxy) is 1. The fourth-order valence-electron chi connectivity index (χ4n) is 4.59. The van der Waals surface area contributed by atoms with Crippen LogP contribution in [0.4, 0.5) is 4.79 Å². The fourth-order valence-corrected chi connectivity index (χ4v) is 7.34. The van der Waals surface area contributed by atoms with Crippen LogP contribution in [0.1, 0.15) is 65.5 Å². The molecule has 0 spiro atoms. The Morgan fingerprint density at radius 2 is 1.47 bits per heavy atom. The van der Waals surface area contributed by atoms with Gasteiger partial charge in [0.1, 0.15) is 12.6 Å². The van der Waals surface area contributed by atoms with Crippen molar-refractivity contribution in [1.82, 2.24) is 5.32 Å². The quantitative estimate of drug-likeness (QED) is 0.389. The highest BCUT2D eigenvalue weighted by Crippen LogP contribution is 2.62. The molecule has 0 fully saturated rings.